The van der Waals surface area contributed by atoms with Gasteiger partial charge in [0.2, 0.25) is 0 Å². The Labute approximate surface area is 158 Å². The molecule has 0 saturated carbocycles. The first-order valence-electron chi connectivity index (χ1n) is 8.21. The van der Waals surface area contributed by atoms with Crippen LogP contribution in [0, 0.1) is 0 Å². The van der Waals surface area contributed by atoms with Gasteiger partial charge in [-0.05, 0) is 52.9 Å². The Balaban J connectivity index is 1.54. The number of tetrazole rings is 1. The molecule has 0 aliphatic heterocycles. The fourth-order valence-electron chi connectivity index (χ4n) is 2.63. The van der Waals surface area contributed by atoms with E-state index in [2.05, 4.69) is 25.9 Å². The SMILES string of the molecule is NC(=O)c1ccn(-c2ccc(NC(=O)c3ccccc3-n3cnnn3)cc2)n1. The average Bonchev–Trinajstić information content (AvgIpc) is 3.41. The lowest BCUT2D eigenvalue weighted by Gasteiger charge is -2.10. The van der Waals surface area contributed by atoms with Crippen molar-refractivity contribution in [3.63, 3.8) is 0 Å². The summed E-state index contributed by atoms with van der Waals surface area (Å²) in [4.78, 5) is 23.9. The number of benzene rings is 2. The van der Waals surface area contributed by atoms with Crippen molar-refractivity contribution in [1.82, 2.24) is 30.0 Å². The number of nitrogens with two attached hydrogens (primary N) is 1. The smallest absolute Gasteiger partial charge is 0.269 e. The number of aromatic nitrogens is 6. The fraction of sp³-hybridized carbons (Fsp3) is 0. The summed E-state index contributed by atoms with van der Waals surface area (Å²) in [6.07, 6.45) is 3.06. The minimum Gasteiger partial charge on any atom is -0.364 e. The molecule has 2 amide bonds. The van der Waals surface area contributed by atoms with Crippen LogP contribution in [0.25, 0.3) is 11.4 Å². The fourth-order valence-corrected chi connectivity index (χ4v) is 2.63. The molecule has 0 spiro atoms. The molecule has 0 atom stereocenters. The largest absolute Gasteiger partial charge is 0.364 e. The summed E-state index contributed by atoms with van der Waals surface area (Å²) in [5.41, 5.74) is 7.70. The zero-order valence-electron chi connectivity index (χ0n) is 14.4. The molecule has 0 unspecified atom stereocenters. The van der Waals surface area contributed by atoms with Gasteiger partial charge in [0.1, 0.15) is 12.0 Å². The molecule has 4 aromatic rings. The number of hydrogen-bond acceptors (Lipinski definition) is 6. The standard InChI is InChI=1S/C18H14N8O2/c19-17(27)15-9-10-25(22-15)13-7-5-12(6-8-13)21-18(28)14-3-1-2-4-16(14)26-11-20-23-24-26/h1-11H,(H2,19,27)(H,21,28). The Morgan fingerprint density at radius 1 is 0.964 bits per heavy atom. The number of carbonyl (C=O) groups is 2. The molecule has 28 heavy (non-hydrogen) atoms. The normalized spacial score (nSPS) is 10.6. The summed E-state index contributed by atoms with van der Waals surface area (Å²) in [6, 6.07) is 15.5. The summed E-state index contributed by atoms with van der Waals surface area (Å²) in [5.74, 6) is -0.891. The molecular weight excluding hydrogens is 360 g/mol. The molecule has 2 aromatic carbocycles. The molecule has 2 aromatic heterocycles. The Hall–Kier alpha value is -4.34. The van der Waals surface area contributed by atoms with Gasteiger partial charge >= 0.3 is 0 Å². The van der Waals surface area contributed by atoms with E-state index in [0.717, 1.165) is 5.69 Å². The highest BCUT2D eigenvalue weighted by atomic mass is 16.2. The van der Waals surface area contributed by atoms with Crippen LogP contribution < -0.4 is 11.1 Å². The van der Waals surface area contributed by atoms with E-state index in [9.17, 15) is 9.59 Å². The van der Waals surface area contributed by atoms with Crippen molar-refractivity contribution in [3.8, 4) is 11.4 Å². The summed E-state index contributed by atoms with van der Waals surface area (Å²) in [7, 11) is 0. The second kappa shape index (κ2) is 7.11. The Bertz CT molecular complexity index is 1130. The topological polar surface area (TPSA) is 134 Å². The predicted octanol–water partition coefficient (Wildman–Crippen LogP) is 1.20. The van der Waals surface area contributed by atoms with Gasteiger partial charge in [0.05, 0.1) is 16.9 Å². The van der Waals surface area contributed by atoms with Crippen LogP contribution in [0.5, 0.6) is 0 Å². The minimum atomic E-state index is -0.594. The predicted molar refractivity (Wildman–Crippen MR) is 99.2 cm³/mol. The summed E-state index contributed by atoms with van der Waals surface area (Å²) in [5, 5.41) is 18.0. The van der Waals surface area contributed by atoms with Crippen molar-refractivity contribution in [2.24, 2.45) is 5.73 Å². The van der Waals surface area contributed by atoms with Crippen molar-refractivity contribution in [2.45, 2.75) is 0 Å². The van der Waals surface area contributed by atoms with Gasteiger partial charge in [-0.2, -0.15) is 9.78 Å². The van der Waals surface area contributed by atoms with Crippen molar-refractivity contribution < 1.29 is 9.59 Å². The van der Waals surface area contributed by atoms with Crippen LogP contribution in [0.1, 0.15) is 20.8 Å². The van der Waals surface area contributed by atoms with E-state index < -0.39 is 5.91 Å². The van der Waals surface area contributed by atoms with E-state index in [1.54, 1.807) is 54.7 Å². The number of primary amides is 1. The Morgan fingerprint density at radius 2 is 1.75 bits per heavy atom. The molecule has 0 bridgehead atoms. The van der Waals surface area contributed by atoms with Crippen LogP contribution in [0.3, 0.4) is 0 Å². The first kappa shape index (κ1) is 17.1. The molecule has 4 rings (SSSR count). The lowest BCUT2D eigenvalue weighted by molar-refractivity contribution is 0.0993. The van der Waals surface area contributed by atoms with Gasteiger partial charge < -0.3 is 11.1 Å². The number of hydrogen-bond donors (Lipinski definition) is 2. The van der Waals surface area contributed by atoms with E-state index in [1.165, 1.54) is 21.8 Å². The molecule has 138 valence electrons. The van der Waals surface area contributed by atoms with Crippen LogP contribution in [-0.2, 0) is 0 Å². The van der Waals surface area contributed by atoms with Crippen LogP contribution >= 0.6 is 0 Å². The number of nitrogens with one attached hydrogen (secondary N) is 1. The lowest BCUT2D eigenvalue weighted by Crippen LogP contribution is -2.15. The highest BCUT2D eigenvalue weighted by Gasteiger charge is 2.13. The molecule has 10 nitrogen and oxygen atoms in total. The zero-order chi connectivity index (χ0) is 19.5. The van der Waals surface area contributed by atoms with Crippen LogP contribution in [0.4, 0.5) is 5.69 Å². The lowest BCUT2D eigenvalue weighted by atomic mass is 10.1. The summed E-state index contributed by atoms with van der Waals surface area (Å²) < 4.78 is 2.95. The maximum absolute atomic E-state index is 12.7. The maximum Gasteiger partial charge on any atom is 0.269 e. The molecule has 0 fully saturated rings. The van der Waals surface area contributed by atoms with Gasteiger partial charge in [-0.1, -0.05) is 12.1 Å². The highest BCUT2D eigenvalue weighted by molar-refractivity contribution is 6.06. The quantitative estimate of drug-likeness (QED) is 0.539. The van der Waals surface area contributed by atoms with E-state index in [-0.39, 0.29) is 11.6 Å². The molecule has 0 radical (unpaired) electrons. The third-order valence-corrected chi connectivity index (χ3v) is 3.98. The third kappa shape index (κ3) is 3.33. The van der Waals surface area contributed by atoms with Crippen LogP contribution in [0.15, 0.2) is 67.1 Å². The van der Waals surface area contributed by atoms with Gasteiger partial charge in [0.25, 0.3) is 11.8 Å². The van der Waals surface area contributed by atoms with Gasteiger partial charge in [-0.3, -0.25) is 9.59 Å². The Morgan fingerprint density at radius 3 is 2.43 bits per heavy atom. The molecule has 0 saturated heterocycles. The Kier molecular flexibility index (Phi) is 4.34. The van der Waals surface area contributed by atoms with E-state index in [0.29, 0.717) is 16.9 Å². The van der Waals surface area contributed by atoms with E-state index >= 15 is 0 Å². The van der Waals surface area contributed by atoms with Crippen molar-refractivity contribution in [3.05, 3.63) is 78.4 Å². The molecule has 0 aliphatic carbocycles. The molecule has 2 heterocycles. The van der Waals surface area contributed by atoms with Crippen LogP contribution in [-0.4, -0.2) is 41.8 Å². The third-order valence-electron chi connectivity index (χ3n) is 3.98. The molecule has 10 heteroatoms. The number of rotatable bonds is 5. The monoisotopic (exact) mass is 374 g/mol. The first-order valence-corrected chi connectivity index (χ1v) is 8.21. The minimum absolute atomic E-state index is 0.177. The van der Waals surface area contributed by atoms with Crippen LogP contribution in [0.2, 0.25) is 0 Å². The highest BCUT2D eigenvalue weighted by Crippen LogP contribution is 2.17. The second-order valence-electron chi connectivity index (χ2n) is 5.78. The van der Waals surface area contributed by atoms with Gasteiger partial charge in [0.15, 0.2) is 0 Å². The summed E-state index contributed by atoms with van der Waals surface area (Å²) in [6.45, 7) is 0. The van der Waals surface area contributed by atoms with Crippen molar-refractivity contribution >= 4 is 17.5 Å². The zero-order valence-corrected chi connectivity index (χ0v) is 14.4. The number of carbonyl (C=O) groups excluding carboxylic acids is 2. The molecule has 3 N–H and O–H groups in total. The van der Waals surface area contributed by atoms with Gasteiger partial charge in [-0.25, -0.2) is 4.68 Å². The van der Waals surface area contributed by atoms with E-state index in [1.807, 2.05) is 0 Å². The van der Waals surface area contributed by atoms with Gasteiger partial charge in [-0.15, -0.1) is 5.10 Å². The van der Waals surface area contributed by atoms with E-state index in [4.69, 9.17) is 5.73 Å². The number of amides is 2. The number of para-hydroxylation sites is 1. The summed E-state index contributed by atoms with van der Waals surface area (Å²) >= 11 is 0. The average molecular weight is 374 g/mol. The first-order chi connectivity index (χ1) is 13.6. The number of anilines is 1. The molecule has 0 aliphatic rings. The second-order valence-corrected chi connectivity index (χ2v) is 5.78. The van der Waals surface area contributed by atoms with Crippen molar-refractivity contribution in [1.29, 1.82) is 0 Å². The molecular formula is C18H14N8O2. The number of nitrogens with zero attached hydrogens (tertiary/aromatic N) is 6. The van der Waals surface area contributed by atoms with Crippen molar-refractivity contribution in [2.75, 3.05) is 5.32 Å². The maximum atomic E-state index is 12.7. The van der Waals surface area contributed by atoms with Gasteiger partial charge in [0, 0.05) is 11.9 Å².